The normalized spacial score (nSPS) is 20.7. The molecule has 0 bridgehead atoms. The molecule has 4 nitrogen and oxygen atoms in total. The van der Waals surface area contributed by atoms with E-state index in [0.29, 0.717) is 6.42 Å². The highest BCUT2D eigenvalue weighted by Gasteiger charge is 2.34. The van der Waals surface area contributed by atoms with E-state index in [1.54, 1.807) is 0 Å². The molecule has 1 heterocycles. The smallest absolute Gasteiger partial charge is 0.239 e. The van der Waals surface area contributed by atoms with Gasteiger partial charge in [-0.25, -0.2) is 0 Å². The van der Waals surface area contributed by atoms with Crippen LogP contribution in [-0.4, -0.2) is 54.0 Å². The SMILES string of the molecule is CN1CCN(C(=O)[C@@H](N)Cc2ccccc2)CC1(C)C. The number of carbonyl (C=O) groups excluding carboxylic acids is 1. The second-order valence-electron chi connectivity index (χ2n) is 6.29. The lowest BCUT2D eigenvalue weighted by Crippen LogP contribution is -2.61. The molecule has 0 aromatic heterocycles. The maximum atomic E-state index is 12.5. The number of hydrogen-bond acceptors (Lipinski definition) is 3. The molecule has 0 unspecified atom stereocenters. The van der Waals surface area contributed by atoms with Crippen LogP contribution in [0.1, 0.15) is 19.4 Å². The lowest BCUT2D eigenvalue weighted by molar-refractivity contribution is -0.137. The van der Waals surface area contributed by atoms with E-state index < -0.39 is 6.04 Å². The standard InChI is InChI=1S/C16H25N3O/c1-16(2)12-19(10-9-18(16)3)15(20)14(17)11-13-7-5-4-6-8-13/h4-8,14H,9-12,17H2,1-3H3/t14-/m0/s1. The van der Waals surface area contributed by atoms with Gasteiger partial charge in [-0.1, -0.05) is 30.3 Å². The van der Waals surface area contributed by atoms with Gasteiger partial charge in [-0.15, -0.1) is 0 Å². The number of carbonyl (C=O) groups is 1. The molecule has 0 radical (unpaired) electrons. The van der Waals surface area contributed by atoms with Crippen molar-refractivity contribution in [1.82, 2.24) is 9.80 Å². The summed E-state index contributed by atoms with van der Waals surface area (Å²) in [7, 11) is 2.10. The van der Waals surface area contributed by atoms with E-state index in [9.17, 15) is 4.79 Å². The van der Waals surface area contributed by atoms with Gasteiger partial charge in [-0.2, -0.15) is 0 Å². The maximum absolute atomic E-state index is 12.5. The molecule has 1 aliphatic rings. The summed E-state index contributed by atoms with van der Waals surface area (Å²) < 4.78 is 0. The highest BCUT2D eigenvalue weighted by molar-refractivity contribution is 5.82. The number of nitrogens with two attached hydrogens (primary N) is 1. The molecule has 0 aliphatic carbocycles. The van der Waals surface area contributed by atoms with Crippen molar-refractivity contribution in [3.05, 3.63) is 35.9 Å². The first-order valence-corrected chi connectivity index (χ1v) is 7.20. The number of piperazine rings is 1. The van der Waals surface area contributed by atoms with Crippen LogP contribution in [0.5, 0.6) is 0 Å². The highest BCUT2D eigenvalue weighted by Crippen LogP contribution is 2.19. The van der Waals surface area contributed by atoms with E-state index in [2.05, 4.69) is 25.8 Å². The first-order chi connectivity index (χ1) is 9.40. The predicted molar refractivity (Wildman–Crippen MR) is 81.4 cm³/mol. The van der Waals surface area contributed by atoms with Crippen molar-refractivity contribution in [2.75, 3.05) is 26.7 Å². The van der Waals surface area contributed by atoms with Gasteiger partial charge < -0.3 is 10.6 Å². The second-order valence-corrected chi connectivity index (χ2v) is 6.29. The van der Waals surface area contributed by atoms with Crippen LogP contribution in [0.4, 0.5) is 0 Å². The molecule has 1 saturated heterocycles. The van der Waals surface area contributed by atoms with Crippen molar-refractivity contribution in [3.63, 3.8) is 0 Å². The van der Waals surface area contributed by atoms with Crippen LogP contribution in [0.3, 0.4) is 0 Å². The maximum Gasteiger partial charge on any atom is 0.239 e. The van der Waals surface area contributed by atoms with Crippen LogP contribution in [0, 0.1) is 0 Å². The summed E-state index contributed by atoms with van der Waals surface area (Å²) >= 11 is 0. The Morgan fingerprint density at radius 2 is 1.95 bits per heavy atom. The first kappa shape index (κ1) is 15.0. The quantitative estimate of drug-likeness (QED) is 0.899. The van der Waals surface area contributed by atoms with E-state index in [0.717, 1.165) is 25.2 Å². The molecule has 1 fully saturated rings. The van der Waals surface area contributed by atoms with Crippen LogP contribution >= 0.6 is 0 Å². The zero-order valence-electron chi connectivity index (χ0n) is 12.7. The molecule has 1 aromatic rings. The Balaban J connectivity index is 1.97. The fourth-order valence-electron chi connectivity index (χ4n) is 2.62. The van der Waals surface area contributed by atoms with Crippen molar-refractivity contribution >= 4 is 5.91 Å². The van der Waals surface area contributed by atoms with Crippen molar-refractivity contribution < 1.29 is 4.79 Å². The van der Waals surface area contributed by atoms with Gasteiger partial charge in [0.15, 0.2) is 0 Å². The number of benzene rings is 1. The van der Waals surface area contributed by atoms with Gasteiger partial charge in [-0.05, 0) is 32.9 Å². The fourth-order valence-corrected chi connectivity index (χ4v) is 2.62. The second kappa shape index (κ2) is 5.94. The summed E-state index contributed by atoms with van der Waals surface area (Å²) in [5.41, 5.74) is 7.23. The molecule has 1 aromatic carbocycles. The van der Waals surface area contributed by atoms with Crippen LogP contribution in [-0.2, 0) is 11.2 Å². The lowest BCUT2D eigenvalue weighted by Gasteiger charge is -2.45. The zero-order chi connectivity index (χ0) is 14.8. The Morgan fingerprint density at radius 1 is 1.30 bits per heavy atom. The summed E-state index contributed by atoms with van der Waals surface area (Å²) in [4.78, 5) is 16.7. The van der Waals surface area contributed by atoms with Crippen molar-refractivity contribution in [3.8, 4) is 0 Å². The molecule has 2 N–H and O–H groups in total. The van der Waals surface area contributed by atoms with Crippen molar-refractivity contribution in [1.29, 1.82) is 0 Å². The minimum atomic E-state index is -0.448. The topological polar surface area (TPSA) is 49.6 Å². The molecule has 110 valence electrons. The molecular weight excluding hydrogens is 250 g/mol. The van der Waals surface area contributed by atoms with Gasteiger partial charge >= 0.3 is 0 Å². The van der Waals surface area contributed by atoms with Crippen LogP contribution in [0.25, 0.3) is 0 Å². The van der Waals surface area contributed by atoms with Gasteiger partial charge in [0.2, 0.25) is 5.91 Å². The number of amides is 1. The number of hydrogen-bond donors (Lipinski definition) is 1. The Hall–Kier alpha value is -1.39. The Bertz CT molecular complexity index is 458. The summed E-state index contributed by atoms with van der Waals surface area (Å²) in [6, 6.07) is 9.51. The van der Waals surface area contributed by atoms with Crippen molar-refractivity contribution in [2.45, 2.75) is 31.8 Å². The van der Waals surface area contributed by atoms with Gasteiger partial charge in [0.25, 0.3) is 0 Å². The van der Waals surface area contributed by atoms with Gasteiger partial charge in [0.05, 0.1) is 6.04 Å². The average molecular weight is 275 g/mol. The molecule has 4 heteroatoms. The highest BCUT2D eigenvalue weighted by atomic mass is 16.2. The molecule has 1 atom stereocenters. The molecule has 1 amide bonds. The average Bonchev–Trinajstić information content (AvgIpc) is 2.42. The summed E-state index contributed by atoms with van der Waals surface area (Å²) in [5, 5.41) is 0. The number of rotatable bonds is 3. The summed E-state index contributed by atoms with van der Waals surface area (Å²) in [6.07, 6.45) is 0.604. The summed E-state index contributed by atoms with van der Waals surface area (Å²) in [6.45, 7) is 6.73. The Kier molecular flexibility index (Phi) is 4.45. The zero-order valence-corrected chi connectivity index (χ0v) is 12.7. The van der Waals surface area contributed by atoms with E-state index in [1.165, 1.54) is 0 Å². The summed E-state index contributed by atoms with van der Waals surface area (Å²) in [5.74, 6) is 0.0648. The molecule has 0 spiro atoms. The third kappa shape index (κ3) is 3.38. The molecule has 0 saturated carbocycles. The van der Waals surface area contributed by atoms with E-state index in [-0.39, 0.29) is 11.4 Å². The first-order valence-electron chi connectivity index (χ1n) is 7.20. The van der Waals surface area contributed by atoms with E-state index in [4.69, 9.17) is 5.73 Å². The molecule has 20 heavy (non-hydrogen) atoms. The number of nitrogens with zero attached hydrogens (tertiary/aromatic N) is 2. The van der Waals surface area contributed by atoms with Crippen LogP contribution in [0.15, 0.2) is 30.3 Å². The van der Waals surface area contributed by atoms with E-state index in [1.807, 2.05) is 35.2 Å². The third-order valence-corrected chi connectivity index (χ3v) is 4.24. The minimum absolute atomic E-state index is 0.0143. The lowest BCUT2D eigenvalue weighted by atomic mass is 9.98. The number of likely N-dealkylation sites (N-methyl/N-ethyl adjacent to an activating group) is 1. The Morgan fingerprint density at radius 3 is 2.55 bits per heavy atom. The Labute approximate surface area is 121 Å². The largest absolute Gasteiger partial charge is 0.338 e. The van der Waals surface area contributed by atoms with Crippen LogP contribution < -0.4 is 5.73 Å². The van der Waals surface area contributed by atoms with Gasteiger partial charge in [-0.3, -0.25) is 9.69 Å². The monoisotopic (exact) mass is 275 g/mol. The van der Waals surface area contributed by atoms with Crippen molar-refractivity contribution in [2.24, 2.45) is 5.73 Å². The molecule has 2 rings (SSSR count). The van der Waals surface area contributed by atoms with Gasteiger partial charge in [0.1, 0.15) is 0 Å². The fraction of sp³-hybridized carbons (Fsp3) is 0.562. The predicted octanol–water partition coefficient (Wildman–Crippen LogP) is 1.11. The van der Waals surface area contributed by atoms with Gasteiger partial charge in [0, 0.05) is 25.2 Å². The molecule has 1 aliphatic heterocycles. The molecular formula is C16H25N3O. The third-order valence-electron chi connectivity index (χ3n) is 4.24. The van der Waals surface area contributed by atoms with E-state index >= 15 is 0 Å². The van der Waals surface area contributed by atoms with Crippen LogP contribution in [0.2, 0.25) is 0 Å². The minimum Gasteiger partial charge on any atom is -0.338 e.